The molecule has 0 radical (unpaired) electrons. The first kappa shape index (κ1) is 20.0. The van der Waals surface area contributed by atoms with Gasteiger partial charge < -0.3 is 15.2 Å². The number of aromatic hydroxyl groups is 1. The van der Waals surface area contributed by atoms with E-state index in [0.29, 0.717) is 29.1 Å². The van der Waals surface area contributed by atoms with E-state index >= 15 is 0 Å². The van der Waals surface area contributed by atoms with Crippen LogP contribution in [0.15, 0.2) is 23.0 Å². The molecular formula is C19H19N3O4S. The van der Waals surface area contributed by atoms with Crippen molar-refractivity contribution in [3.8, 4) is 17.6 Å². The average molecular weight is 385 g/mol. The molecule has 2 rings (SSSR count). The van der Waals surface area contributed by atoms with Crippen molar-refractivity contribution in [2.75, 3.05) is 13.7 Å². The highest BCUT2D eigenvalue weighted by Crippen LogP contribution is 2.26. The molecule has 0 unspecified atom stereocenters. The van der Waals surface area contributed by atoms with E-state index in [1.165, 1.54) is 17.7 Å². The van der Waals surface area contributed by atoms with E-state index in [-0.39, 0.29) is 21.4 Å². The Morgan fingerprint density at radius 2 is 2.19 bits per heavy atom. The van der Waals surface area contributed by atoms with Gasteiger partial charge >= 0.3 is 0 Å². The van der Waals surface area contributed by atoms with Crippen LogP contribution in [0.1, 0.15) is 19.4 Å². The van der Waals surface area contributed by atoms with E-state index in [9.17, 15) is 20.0 Å². The molecule has 1 amide bonds. The molecule has 140 valence electrons. The topological polar surface area (TPSA) is 104 Å². The summed E-state index contributed by atoms with van der Waals surface area (Å²) >= 11 is 1.04. The lowest BCUT2D eigenvalue weighted by atomic mass is 10.2. The number of ether oxygens (including phenoxy) is 1. The van der Waals surface area contributed by atoms with Crippen molar-refractivity contribution in [1.82, 2.24) is 9.88 Å². The third-order valence-corrected chi connectivity index (χ3v) is 4.78. The molecule has 0 aliphatic heterocycles. The molecule has 2 aromatic rings. The lowest BCUT2D eigenvalue weighted by Gasteiger charge is -2.02. The number of nitrogens with zero attached hydrogens (tertiary/aromatic N) is 2. The number of methoxy groups -OCH3 is 1. The molecule has 0 aliphatic carbocycles. The molecule has 0 bridgehead atoms. The summed E-state index contributed by atoms with van der Waals surface area (Å²) < 4.78 is 7.01. The first-order valence-electron chi connectivity index (χ1n) is 8.22. The number of rotatable bonds is 5. The van der Waals surface area contributed by atoms with Gasteiger partial charge in [-0.05, 0) is 37.6 Å². The number of hydrogen-bond donors (Lipinski definition) is 2. The second-order valence-electron chi connectivity index (χ2n) is 5.35. The summed E-state index contributed by atoms with van der Waals surface area (Å²) in [4.78, 5) is 24.7. The van der Waals surface area contributed by atoms with Gasteiger partial charge in [-0.2, -0.15) is 5.26 Å². The van der Waals surface area contributed by atoms with Gasteiger partial charge in [-0.3, -0.25) is 14.2 Å². The summed E-state index contributed by atoms with van der Waals surface area (Å²) in [6.45, 7) is 4.22. The van der Waals surface area contributed by atoms with Crippen LogP contribution in [0.4, 0.5) is 0 Å². The molecule has 0 saturated carbocycles. The van der Waals surface area contributed by atoms with Gasteiger partial charge in [0.1, 0.15) is 15.3 Å². The first-order chi connectivity index (χ1) is 13.0. The normalized spacial score (nSPS) is 11.2. The Hall–Kier alpha value is -3.27. The second-order valence-corrected chi connectivity index (χ2v) is 6.35. The Labute approximate surface area is 159 Å². The maximum Gasteiger partial charge on any atom is 0.277 e. The Morgan fingerprint density at radius 1 is 1.44 bits per heavy atom. The zero-order chi connectivity index (χ0) is 20.0. The SMILES string of the molecule is CCNC(=O)/C(C#N)=c1\sc(=C=Cc2ccc(O)c(OC)c2)c(=O)n1CC. The predicted octanol–water partition coefficient (Wildman–Crippen LogP) is 0.547. The Kier molecular flexibility index (Phi) is 6.61. The van der Waals surface area contributed by atoms with Crippen molar-refractivity contribution in [3.63, 3.8) is 0 Å². The van der Waals surface area contributed by atoms with Crippen LogP contribution in [0.25, 0.3) is 17.4 Å². The Bertz CT molecular complexity index is 1120. The molecule has 8 heteroatoms. The van der Waals surface area contributed by atoms with Crippen LogP contribution in [-0.4, -0.2) is 29.2 Å². The third kappa shape index (κ3) is 4.29. The van der Waals surface area contributed by atoms with Gasteiger partial charge in [0.05, 0.1) is 7.11 Å². The molecule has 0 fully saturated rings. The summed E-state index contributed by atoms with van der Waals surface area (Å²) in [5.74, 6) is -0.196. The number of nitrogens with one attached hydrogen (secondary N) is 1. The number of benzene rings is 1. The van der Waals surface area contributed by atoms with Gasteiger partial charge in [-0.25, -0.2) is 0 Å². The fourth-order valence-corrected chi connectivity index (χ4v) is 3.42. The summed E-state index contributed by atoms with van der Waals surface area (Å²) in [5, 5.41) is 21.6. The highest BCUT2D eigenvalue weighted by atomic mass is 32.1. The third-order valence-electron chi connectivity index (χ3n) is 3.66. The standard InChI is InChI=1S/C19H19N3O4S/c1-4-21-17(24)13(11-20)19-22(5-2)18(25)16(27-19)9-7-12-6-8-14(23)15(10-12)26-3/h6-8,10,23H,4-5H2,1-3H3,(H,21,24)/b19-13-. The van der Waals surface area contributed by atoms with Gasteiger partial charge in [0, 0.05) is 13.1 Å². The monoisotopic (exact) mass is 385 g/mol. The summed E-state index contributed by atoms with van der Waals surface area (Å²) in [6.07, 6.45) is 1.58. The van der Waals surface area contributed by atoms with Crippen molar-refractivity contribution in [1.29, 1.82) is 5.26 Å². The maximum atomic E-state index is 12.6. The van der Waals surface area contributed by atoms with E-state index < -0.39 is 5.91 Å². The van der Waals surface area contributed by atoms with Crippen molar-refractivity contribution >= 4 is 34.6 Å². The van der Waals surface area contributed by atoms with Gasteiger partial charge in [-0.1, -0.05) is 11.8 Å². The van der Waals surface area contributed by atoms with Crippen LogP contribution in [0.2, 0.25) is 0 Å². The minimum absolute atomic E-state index is 0.0107. The predicted molar refractivity (Wildman–Crippen MR) is 104 cm³/mol. The molecule has 27 heavy (non-hydrogen) atoms. The number of aromatic nitrogens is 1. The summed E-state index contributed by atoms with van der Waals surface area (Å²) in [6, 6.07) is 6.63. The number of amides is 1. The highest BCUT2D eigenvalue weighted by Gasteiger charge is 2.14. The molecule has 1 aromatic heterocycles. The minimum Gasteiger partial charge on any atom is -0.504 e. The smallest absolute Gasteiger partial charge is 0.277 e. The van der Waals surface area contributed by atoms with E-state index in [1.807, 2.05) is 6.07 Å². The number of phenols is 1. The van der Waals surface area contributed by atoms with E-state index in [1.54, 1.807) is 32.1 Å². The summed E-state index contributed by atoms with van der Waals surface area (Å²) in [7, 11) is 1.44. The molecule has 0 spiro atoms. The first-order valence-corrected chi connectivity index (χ1v) is 9.04. The van der Waals surface area contributed by atoms with Crippen molar-refractivity contribution in [3.05, 3.63) is 43.3 Å². The maximum absolute atomic E-state index is 12.6. The molecule has 7 nitrogen and oxygen atoms in total. The molecule has 1 aromatic carbocycles. The van der Waals surface area contributed by atoms with Crippen molar-refractivity contribution in [2.45, 2.75) is 20.4 Å². The van der Waals surface area contributed by atoms with Crippen LogP contribution >= 0.6 is 11.3 Å². The molecule has 0 saturated heterocycles. The van der Waals surface area contributed by atoms with E-state index in [2.05, 4.69) is 11.0 Å². The average Bonchev–Trinajstić information content (AvgIpc) is 2.97. The summed E-state index contributed by atoms with van der Waals surface area (Å²) in [5.41, 5.74) is 3.17. The van der Waals surface area contributed by atoms with Crippen LogP contribution in [0.3, 0.4) is 0 Å². The highest BCUT2D eigenvalue weighted by molar-refractivity contribution is 7.07. The largest absolute Gasteiger partial charge is 0.504 e. The quantitative estimate of drug-likeness (QED) is 0.782. The van der Waals surface area contributed by atoms with Crippen LogP contribution in [0.5, 0.6) is 11.5 Å². The van der Waals surface area contributed by atoms with Crippen LogP contribution in [0, 0.1) is 11.3 Å². The van der Waals surface area contributed by atoms with Crippen molar-refractivity contribution < 1.29 is 14.6 Å². The minimum atomic E-state index is -0.512. The number of phenolic OH excluding ortho intramolecular Hbond substituents is 1. The van der Waals surface area contributed by atoms with Gasteiger partial charge in [-0.15, -0.1) is 11.3 Å². The Balaban J connectivity index is 2.72. The zero-order valence-corrected chi connectivity index (χ0v) is 16.0. The number of carbonyl (C=O) groups excluding carboxylic acids is 1. The lowest BCUT2D eigenvalue weighted by molar-refractivity contribution is -0.115. The number of nitriles is 1. The zero-order valence-electron chi connectivity index (χ0n) is 15.2. The molecule has 0 aliphatic rings. The van der Waals surface area contributed by atoms with Gasteiger partial charge in [0.15, 0.2) is 17.1 Å². The van der Waals surface area contributed by atoms with Crippen LogP contribution in [-0.2, 0) is 11.3 Å². The van der Waals surface area contributed by atoms with E-state index in [4.69, 9.17) is 4.74 Å². The molecule has 2 N–H and O–H groups in total. The van der Waals surface area contributed by atoms with Crippen LogP contribution < -0.4 is 24.8 Å². The van der Waals surface area contributed by atoms with E-state index in [0.717, 1.165) is 11.3 Å². The molecular weight excluding hydrogens is 366 g/mol. The van der Waals surface area contributed by atoms with Crippen molar-refractivity contribution in [2.24, 2.45) is 0 Å². The van der Waals surface area contributed by atoms with Gasteiger partial charge in [0.25, 0.3) is 11.5 Å². The number of carbonyl (C=O) groups is 1. The fourth-order valence-electron chi connectivity index (χ4n) is 2.35. The lowest BCUT2D eigenvalue weighted by Crippen LogP contribution is -2.34. The van der Waals surface area contributed by atoms with Gasteiger partial charge in [0.2, 0.25) is 0 Å². The number of thiazole rings is 1. The molecule has 0 atom stereocenters. The number of hydrogen-bond acceptors (Lipinski definition) is 6. The second kappa shape index (κ2) is 8.90. The fraction of sp³-hybridized carbons (Fsp3) is 0.263. The molecule has 1 heterocycles. The Morgan fingerprint density at radius 3 is 2.78 bits per heavy atom.